The molecule has 6 aliphatic carbocycles. The van der Waals surface area contributed by atoms with Crippen molar-refractivity contribution in [3.05, 3.63) is 156 Å². The second-order valence-corrected chi connectivity index (χ2v) is 26.1. The first-order valence-corrected chi connectivity index (χ1v) is 30.5. The van der Waals surface area contributed by atoms with Gasteiger partial charge in [-0.2, -0.15) is 0 Å². The molecule has 83 heavy (non-hydrogen) atoms. The van der Waals surface area contributed by atoms with Gasteiger partial charge in [-0.3, -0.25) is 10.1 Å². The number of hydrogen-bond donors (Lipinski definition) is 11. The molecule has 3 fully saturated rings. The molecule has 15 atom stereocenters. The van der Waals surface area contributed by atoms with E-state index in [1.165, 1.54) is 11.1 Å². The lowest BCUT2D eigenvalue weighted by Crippen LogP contribution is -2.59. The van der Waals surface area contributed by atoms with Gasteiger partial charge in [-0.25, -0.2) is 4.79 Å². The lowest BCUT2D eigenvalue weighted by molar-refractivity contribution is -0.171. The number of nitrogens with one attached hydrogen (secondary N) is 3. The van der Waals surface area contributed by atoms with Crippen LogP contribution in [0.5, 0.6) is 17.2 Å². The maximum atomic E-state index is 15.9. The molecule has 3 saturated carbocycles. The first kappa shape index (κ1) is 54.5. The van der Waals surface area contributed by atoms with Gasteiger partial charge in [-0.05, 0) is 201 Å². The monoisotopic (exact) mass is 1130 g/mol. The van der Waals surface area contributed by atoms with Crippen LogP contribution in [0.4, 0.5) is 0 Å². The lowest BCUT2D eigenvalue weighted by atomic mass is 9.61. The van der Waals surface area contributed by atoms with Gasteiger partial charge in [-0.15, -0.1) is 0 Å². The first-order chi connectivity index (χ1) is 40.0. The largest absolute Gasteiger partial charge is 0.508 e. The Balaban J connectivity index is 0.957. The fourth-order valence-electron chi connectivity index (χ4n) is 18.7. The number of rotatable bonds is 8. The van der Waals surface area contributed by atoms with E-state index in [1.807, 2.05) is 19.1 Å². The van der Waals surface area contributed by atoms with Gasteiger partial charge in [0.05, 0.1) is 29.5 Å². The molecule has 16 nitrogen and oxygen atoms in total. The van der Waals surface area contributed by atoms with Crippen molar-refractivity contribution in [2.75, 3.05) is 26.3 Å². The van der Waals surface area contributed by atoms with Crippen LogP contribution < -0.4 is 31.8 Å². The number of benzene rings is 3. The van der Waals surface area contributed by atoms with Gasteiger partial charge >= 0.3 is 5.97 Å². The number of fused-ring (bicyclic) bond motifs is 14. The SMILES string of the molecule is C/C=C(\C(=O)O[C@@H]1Cc2c3c(c4oc(CO)cc(=O)c4c2O)[C@H]2C4=CCNC(N)=C4[C@@H](CCc4ccc(O)cc4[C@H]2CO)[C@H]2CCC4=CC(NCC)NC=C4C[C@@H]2[C@]1(C)O3)[C@]1(O)C[C@@H]2C[C@H]1C[C@H]1C[C@H]3[C@H](CO)CC[C@@]3(O)c3cccc2c31. The number of aliphatic hydroxyl groups is 5. The third-order valence-electron chi connectivity index (χ3n) is 22.4. The summed E-state index contributed by atoms with van der Waals surface area (Å²) in [6.07, 6.45) is 13.3. The van der Waals surface area contributed by atoms with Crippen molar-refractivity contribution in [1.82, 2.24) is 16.0 Å². The molecule has 6 bridgehead atoms. The molecule has 438 valence electrons. The fraction of sp³-hybridized carbons (Fsp3) is 0.522. The van der Waals surface area contributed by atoms with E-state index in [1.54, 1.807) is 25.1 Å². The number of nitrogens with two attached hydrogens (primary N) is 1. The number of ether oxygens (including phenoxy) is 2. The normalized spacial score (nSPS) is 35.5. The van der Waals surface area contributed by atoms with E-state index in [2.05, 4.69) is 53.4 Å². The van der Waals surface area contributed by atoms with Gasteiger partial charge < -0.3 is 66.0 Å². The highest BCUT2D eigenvalue weighted by molar-refractivity contribution is 5.93. The summed E-state index contributed by atoms with van der Waals surface area (Å²) in [5.74, 6) is -3.72. The Labute approximate surface area is 482 Å². The number of phenols is 2. The first-order valence-electron chi connectivity index (χ1n) is 30.5. The Kier molecular flexibility index (Phi) is 13.2. The van der Waals surface area contributed by atoms with Crippen molar-refractivity contribution < 1.29 is 54.4 Å². The van der Waals surface area contributed by atoms with Gasteiger partial charge in [0, 0.05) is 60.7 Å². The molecule has 4 aliphatic heterocycles. The number of aliphatic hydroxyl groups excluding tert-OH is 3. The number of esters is 1. The number of aryl methyl sites for hydroxylation is 1. The van der Waals surface area contributed by atoms with Gasteiger partial charge in [0.25, 0.3) is 0 Å². The lowest BCUT2D eigenvalue weighted by Gasteiger charge is -2.52. The average molecular weight is 1130 g/mol. The van der Waals surface area contributed by atoms with Crippen LogP contribution in [0, 0.1) is 35.5 Å². The number of likely N-dealkylation sites (N-methyl/N-ethyl adjacent to an activating group) is 1. The number of hydrogen-bond acceptors (Lipinski definition) is 16. The van der Waals surface area contributed by atoms with Crippen LogP contribution in [-0.2, 0) is 34.6 Å². The van der Waals surface area contributed by atoms with Gasteiger partial charge in [0.1, 0.15) is 58.1 Å². The third-order valence-corrected chi connectivity index (χ3v) is 22.4. The predicted molar refractivity (Wildman–Crippen MR) is 310 cm³/mol. The molecule has 16 heteroatoms. The summed E-state index contributed by atoms with van der Waals surface area (Å²) in [5, 5.41) is 93.8. The summed E-state index contributed by atoms with van der Waals surface area (Å²) < 4.78 is 21.6. The van der Waals surface area contributed by atoms with Crippen molar-refractivity contribution in [1.29, 1.82) is 0 Å². The highest BCUT2D eigenvalue weighted by Crippen LogP contribution is 2.65. The quantitative estimate of drug-likeness (QED) is 0.0617. The van der Waals surface area contributed by atoms with Crippen molar-refractivity contribution in [2.45, 2.75) is 157 Å². The van der Waals surface area contributed by atoms with Gasteiger partial charge in [0.2, 0.25) is 0 Å². The summed E-state index contributed by atoms with van der Waals surface area (Å²) in [6.45, 7) is 5.88. The Bertz CT molecular complexity index is 3600. The summed E-state index contributed by atoms with van der Waals surface area (Å²) in [6, 6.07) is 12.6. The minimum Gasteiger partial charge on any atom is -0.508 e. The summed E-state index contributed by atoms with van der Waals surface area (Å²) in [5.41, 5.74) is 12.1. The summed E-state index contributed by atoms with van der Waals surface area (Å²) in [4.78, 5) is 30.6. The minimum atomic E-state index is -1.60. The number of carbonyl (C=O) groups excluding carboxylic acids is 1. The molecule has 0 amide bonds. The second-order valence-electron chi connectivity index (χ2n) is 26.1. The van der Waals surface area contributed by atoms with E-state index in [4.69, 9.17) is 19.6 Å². The van der Waals surface area contributed by atoms with Crippen LogP contribution in [0.1, 0.15) is 153 Å². The molecule has 0 radical (unpaired) electrons. The number of dihydropyridines is 2. The molecule has 1 unspecified atom stereocenters. The van der Waals surface area contributed by atoms with Crippen LogP contribution in [0.3, 0.4) is 0 Å². The predicted octanol–water partition coefficient (Wildman–Crippen LogP) is 7.17. The highest BCUT2D eigenvalue weighted by Gasteiger charge is 2.62. The zero-order valence-electron chi connectivity index (χ0n) is 47.5. The van der Waals surface area contributed by atoms with E-state index in [-0.39, 0.29) is 106 Å². The van der Waals surface area contributed by atoms with E-state index in [0.717, 1.165) is 52.4 Å². The van der Waals surface area contributed by atoms with E-state index < -0.39 is 71.0 Å². The number of phenolic OH excluding ortho intramolecular Hbond substituents is 2. The molecule has 12 N–H and O–H groups in total. The molecule has 4 aromatic rings. The maximum absolute atomic E-state index is 15.9. The third kappa shape index (κ3) is 8.12. The summed E-state index contributed by atoms with van der Waals surface area (Å²) >= 11 is 0. The molecular weight excluding hydrogens is 1050 g/mol. The van der Waals surface area contributed by atoms with E-state index in [9.17, 15) is 40.5 Å². The van der Waals surface area contributed by atoms with Crippen molar-refractivity contribution in [3.8, 4) is 17.2 Å². The molecule has 5 heterocycles. The molecule has 1 aromatic heterocycles. The number of allylic oxidation sites excluding steroid dienone is 5. The molecule has 0 saturated heterocycles. The van der Waals surface area contributed by atoms with E-state index >= 15 is 4.79 Å². The Morgan fingerprint density at radius 2 is 1.78 bits per heavy atom. The fourth-order valence-corrected chi connectivity index (χ4v) is 18.7. The molecule has 3 aromatic carbocycles. The number of carbonyl (C=O) groups is 1. The standard InChI is InChI=1S/C67H78N4O12/c1-4-48(67(80)27-36-20-38(67)19-35-21-50-34(29-72)15-17-66(50,79)49-8-6-7-41(36)55(35)49)64(78)82-53-26-46-60(77)58-52(76)25-40(30-73)81-62(58)59-56-44-16-18-70-63(68)57(44)43(14-10-32-9-12-39(75)24-45(32)47(56)31-74)42-13-11-33-23-54(69-5-2)71-28-37(33)22-51(42)65(53,3)83-61(46)59/h4,6-9,12,16,23-25,28,34-36,38,42-43,47,50-51,53-54,56,69-75,77,79-80H,5,10-11,13-15,17-22,26-27,29-31,68H2,1-3H3/b48-4+/t34-,35-,36-,38+,42+,43-,47+,50-,51-,53+,54?,56-,65-,66+,67-/m0/s1. The minimum absolute atomic E-state index is 0.00295. The maximum Gasteiger partial charge on any atom is 0.337 e. The van der Waals surface area contributed by atoms with Gasteiger partial charge in [-0.1, -0.05) is 43.3 Å². The molecule has 14 rings (SSSR count). The van der Waals surface area contributed by atoms with Crippen molar-refractivity contribution in [2.24, 2.45) is 41.2 Å². The topological polar surface area (TPSA) is 269 Å². The van der Waals surface area contributed by atoms with Crippen LogP contribution in [-0.4, -0.2) is 91.5 Å². The van der Waals surface area contributed by atoms with Gasteiger partial charge in [0.15, 0.2) is 5.43 Å². The smallest absolute Gasteiger partial charge is 0.337 e. The van der Waals surface area contributed by atoms with Crippen LogP contribution in [0.15, 0.2) is 110 Å². The van der Waals surface area contributed by atoms with Crippen LogP contribution in [0.2, 0.25) is 0 Å². The van der Waals surface area contributed by atoms with Crippen molar-refractivity contribution >= 4 is 16.9 Å². The van der Waals surface area contributed by atoms with E-state index in [0.29, 0.717) is 81.3 Å². The second kappa shape index (κ2) is 20.1. The highest BCUT2D eigenvalue weighted by atomic mass is 16.6. The molecule has 10 aliphatic rings. The average Bonchev–Trinajstić information content (AvgIpc) is 2.39. The zero-order valence-corrected chi connectivity index (χ0v) is 47.5. The Morgan fingerprint density at radius 3 is 2.57 bits per heavy atom. The van der Waals surface area contributed by atoms with Crippen molar-refractivity contribution in [3.63, 3.8) is 0 Å². The Hall–Kier alpha value is -6.40. The number of aromatic hydroxyl groups is 2. The zero-order chi connectivity index (χ0) is 57.6. The van der Waals surface area contributed by atoms with Crippen LogP contribution >= 0.6 is 0 Å². The molecule has 0 spiro atoms. The van der Waals surface area contributed by atoms with Crippen LogP contribution in [0.25, 0.3) is 11.0 Å². The Morgan fingerprint density at radius 1 is 0.952 bits per heavy atom. The summed E-state index contributed by atoms with van der Waals surface area (Å²) in [7, 11) is 0. The molecular formula is C67H78N4O12.